The lowest BCUT2D eigenvalue weighted by Crippen LogP contribution is -2.40. The molecular formula is C13H19N3O2. The normalized spacial score (nSPS) is 16.4. The summed E-state index contributed by atoms with van der Waals surface area (Å²) in [6.07, 6.45) is 3.77. The number of hydrogen-bond acceptors (Lipinski definition) is 3. The van der Waals surface area contributed by atoms with Crippen molar-refractivity contribution >= 4 is 11.7 Å². The van der Waals surface area contributed by atoms with Gasteiger partial charge in [-0.15, -0.1) is 0 Å². The number of nitrogens with one attached hydrogen (secondary N) is 1. The number of likely N-dealkylation sites (tertiary alicyclic amines) is 1. The fourth-order valence-corrected chi connectivity index (χ4v) is 2.05. The van der Waals surface area contributed by atoms with Crippen LogP contribution in [0.4, 0.5) is 10.5 Å². The summed E-state index contributed by atoms with van der Waals surface area (Å²) in [7, 11) is 1.54. The van der Waals surface area contributed by atoms with E-state index in [0.717, 1.165) is 25.9 Å². The Hall–Kier alpha value is -1.78. The number of methoxy groups -OCH3 is 1. The van der Waals surface area contributed by atoms with Crippen molar-refractivity contribution in [1.29, 1.82) is 0 Å². The van der Waals surface area contributed by atoms with Crippen LogP contribution in [0.1, 0.15) is 19.8 Å². The number of rotatable bonds is 2. The molecule has 1 aliphatic rings. The van der Waals surface area contributed by atoms with Crippen molar-refractivity contribution in [3.63, 3.8) is 0 Å². The smallest absolute Gasteiger partial charge is 0.321 e. The second-order valence-electron chi connectivity index (χ2n) is 4.66. The Balaban J connectivity index is 1.98. The molecule has 1 aliphatic heterocycles. The number of aromatic nitrogens is 1. The first-order chi connectivity index (χ1) is 8.70. The fourth-order valence-electron chi connectivity index (χ4n) is 2.05. The van der Waals surface area contributed by atoms with E-state index in [-0.39, 0.29) is 6.03 Å². The van der Waals surface area contributed by atoms with Gasteiger partial charge in [0.15, 0.2) is 0 Å². The second kappa shape index (κ2) is 5.71. The molecule has 1 N–H and O–H groups in total. The van der Waals surface area contributed by atoms with Gasteiger partial charge in [-0.05, 0) is 30.9 Å². The number of carbonyl (C=O) groups excluding carboxylic acids is 1. The molecule has 0 spiro atoms. The molecule has 98 valence electrons. The minimum Gasteiger partial charge on any atom is -0.480 e. The molecule has 2 amide bonds. The zero-order chi connectivity index (χ0) is 13.0. The van der Waals surface area contributed by atoms with Crippen LogP contribution in [0, 0.1) is 5.92 Å². The van der Waals surface area contributed by atoms with E-state index in [2.05, 4.69) is 17.2 Å². The maximum atomic E-state index is 12.1. The van der Waals surface area contributed by atoms with Gasteiger partial charge < -0.3 is 15.0 Å². The number of anilines is 1. The van der Waals surface area contributed by atoms with Gasteiger partial charge in [0, 0.05) is 19.3 Å². The molecule has 0 atom stereocenters. The molecule has 5 nitrogen and oxygen atoms in total. The lowest BCUT2D eigenvalue weighted by molar-refractivity contribution is 0.186. The van der Waals surface area contributed by atoms with Gasteiger partial charge in [0.2, 0.25) is 5.88 Å². The molecule has 0 aliphatic carbocycles. The highest BCUT2D eigenvalue weighted by molar-refractivity contribution is 5.90. The van der Waals surface area contributed by atoms with Crippen LogP contribution < -0.4 is 10.1 Å². The number of piperidine rings is 1. The third-order valence-electron chi connectivity index (χ3n) is 3.28. The van der Waals surface area contributed by atoms with E-state index in [9.17, 15) is 4.79 Å². The summed E-state index contributed by atoms with van der Waals surface area (Å²) in [6, 6.07) is 3.49. The SMILES string of the molecule is COc1ncccc1NC(=O)N1CCC(C)CC1. The predicted octanol–water partition coefficient (Wildman–Crippen LogP) is 2.35. The van der Waals surface area contributed by atoms with Gasteiger partial charge >= 0.3 is 6.03 Å². The summed E-state index contributed by atoms with van der Waals surface area (Å²) in [6.45, 7) is 3.85. The average molecular weight is 249 g/mol. The molecular weight excluding hydrogens is 230 g/mol. The summed E-state index contributed by atoms with van der Waals surface area (Å²) in [4.78, 5) is 18.0. The number of ether oxygens (including phenoxy) is 1. The van der Waals surface area contributed by atoms with Crippen molar-refractivity contribution < 1.29 is 9.53 Å². The molecule has 1 aromatic heterocycles. The molecule has 1 aromatic rings. The van der Waals surface area contributed by atoms with Gasteiger partial charge in [-0.2, -0.15) is 0 Å². The van der Waals surface area contributed by atoms with Crippen molar-refractivity contribution in [1.82, 2.24) is 9.88 Å². The molecule has 0 saturated carbocycles. The highest BCUT2D eigenvalue weighted by atomic mass is 16.5. The van der Waals surface area contributed by atoms with Crippen molar-refractivity contribution in [2.75, 3.05) is 25.5 Å². The Kier molecular flexibility index (Phi) is 4.02. The summed E-state index contributed by atoms with van der Waals surface area (Å²) < 4.78 is 5.11. The van der Waals surface area contributed by atoms with E-state index in [1.165, 1.54) is 0 Å². The third-order valence-corrected chi connectivity index (χ3v) is 3.28. The van der Waals surface area contributed by atoms with Crippen molar-refractivity contribution in [3.05, 3.63) is 18.3 Å². The van der Waals surface area contributed by atoms with E-state index < -0.39 is 0 Å². The Bertz CT molecular complexity index is 414. The number of pyridine rings is 1. The topological polar surface area (TPSA) is 54.5 Å². The first-order valence-corrected chi connectivity index (χ1v) is 6.25. The molecule has 1 saturated heterocycles. The standard InChI is InChI=1S/C13H19N3O2/c1-10-5-8-16(9-6-10)13(17)15-11-4-3-7-14-12(11)18-2/h3-4,7,10H,5-6,8-9H2,1-2H3,(H,15,17). The zero-order valence-electron chi connectivity index (χ0n) is 10.8. The molecule has 1 fully saturated rings. The van der Waals surface area contributed by atoms with Gasteiger partial charge in [-0.25, -0.2) is 9.78 Å². The van der Waals surface area contributed by atoms with Gasteiger partial charge in [-0.3, -0.25) is 0 Å². The number of hydrogen-bond donors (Lipinski definition) is 1. The Morgan fingerprint density at radius 2 is 2.22 bits per heavy atom. The molecule has 0 bridgehead atoms. The molecule has 2 rings (SSSR count). The Labute approximate surface area is 107 Å². The van der Waals surface area contributed by atoms with E-state index in [1.807, 2.05) is 4.90 Å². The maximum absolute atomic E-state index is 12.1. The first kappa shape index (κ1) is 12.7. The van der Waals surface area contributed by atoms with E-state index in [1.54, 1.807) is 25.4 Å². The zero-order valence-corrected chi connectivity index (χ0v) is 10.8. The van der Waals surface area contributed by atoms with E-state index >= 15 is 0 Å². The van der Waals surface area contributed by atoms with Gasteiger partial charge in [-0.1, -0.05) is 6.92 Å². The highest BCUT2D eigenvalue weighted by Gasteiger charge is 2.21. The van der Waals surface area contributed by atoms with Crippen LogP contribution in [0.2, 0.25) is 0 Å². The lowest BCUT2D eigenvalue weighted by Gasteiger charge is -2.30. The van der Waals surface area contributed by atoms with Gasteiger partial charge in [0.05, 0.1) is 7.11 Å². The van der Waals surface area contributed by atoms with Gasteiger partial charge in [0.1, 0.15) is 5.69 Å². The van der Waals surface area contributed by atoms with Crippen molar-refractivity contribution in [3.8, 4) is 5.88 Å². The maximum Gasteiger partial charge on any atom is 0.321 e. The Morgan fingerprint density at radius 1 is 1.50 bits per heavy atom. The van der Waals surface area contributed by atoms with Crippen LogP contribution in [0.3, 0.4) is 0 Å². The second-order valence-corrected chi connectivity index (χ2v) is 4.66. The first-order valence-electron chi connectivity index (χ1n) is 6.25. The van der Waals surface area contributed by atoms with Crippen LogP contribution >= 0.6 is 0 Å². The van der Waals surface area contributed by atoms with Crippen LogP contribution in [-0.2, 0) is 0 Å². The van der Waals surface area contributed by atoms with Gasteiger partial charge in [0.25, 0.3) is 0 Å². The monoisotopic (exact) mass is 249 g/mol. The molecule has 0 radical (unpaired) electrons. The lowest BCUT2D eigenvalue weighted by atomic mass is 10.00. The fraction of sp³-hybridized carbons (Fsp3) is 0.538. The summed E-state index contributed by atoms with van der Waals surface area (Å²) in [5.41, 5.74) is 0.614. The summed E-state index contributed by atoms with van der Waals surface area (Å²) in [5, 5.41) is 2.85. The largest absolute Gasteiger partial charge is 0.480 e. The predicted molar refractivity (Wildman–Crippen MR) is 69.8 cm³/mol. The highest BCUT2D eigenvalue weighted by Crippen LogP contribution is 2.22. The van der Waals surface area contributed by atoms with Crippen LogP contribution in [0.15, 0.2) is 18.3 Å². The van der Waals surface area contributed by atoms with Crippen LogP contribution in [-0.4, -0.2) is 36.1 Å². The van der Waals surface area contributed by atoms with Crippen LogP contribution in [0.5, 0.6) is 5.88 Å². The minimum absolute atomic E-state index is 0.0757. The summed E-state index contributed by atoms with van der Waals surface area (Å²) in [5.74, 6) is 1.15. The van der Waals surface area contributed by atoms with Crippen molar-refractivity contribution in [2.45, 2.75) is 19.8 Å². The Morgan fingerprint density at radius 3 is 2.89 bits per heavy atom. The number of nitrogens with zero attached hydrogens (tertiary/aromatic N) is 2. The molecule has 18 heavy (non-hydrogen) atoms. The molecule has 2 heterocycles. The quantitative estimate of drug-likeness (QED) is 0.875. The molecule has 5 heteroatoms. The number of urea groups is 1. The van der Waals surface area contributed by atoms with E-state index in [0.29, 0.717) is 17.5 Å². The van der Waals surface area contributed by atoms with E-state index in [4.69, 9.17) is 4.74 Å². The third kappa shape index (κ3) is 2.91. The minimum atomic E-state index is -0.0757. The molecule has 0 unspecified atom stereocenters. The molecule has 0 aromatic carbocycles. The van der Waals surface area contributed by atoms with Crippen LogP contribution in [0.25, 0.3) is 0 Å². The number of carbonyl (C=O) groups is 1. The number of amides is 2. The summed E-state index contributed by atoms with van der Waals surface area (Å²) >= 11 is 0. The average Bonchev–Trinajstić information content (AvgIpc) is 2.40. The van der Waals surface area contributed by atoms with Crippen molar-refractivity contribution in [2.24, 2.45) is 5.92 Å².